The Morgan fingerprint density at radius 1 is 1.08 bits per heavy atom. The molecule has 0 bridgehead atoms. The van der Waals surface area contributed by atoms with Gasteiger partial charge in [-0.25, -0.2) is 0 Å². The number of Topliss-reactive ketones (excluding diaryl/α,β-unsaturated/α-hetero) is 1. The second-order valence-electron chi connectivity index (χ2n) is 5.12. The topological polar surface area (TPSA) is 125 Å². The highest BCUT2D eigenvalue weighted by Gasteiger charge is 2.25. The molecule has 25 heavy (non-hydrogen) atoms. The van der Waals surface area contributed by atoms with Crippen molar-refractivity contribution in [2.75, 3.05) is 5.32 Å². The number of hydrogen-bond donors (Lipinski definition) is 2. The van der Waals surface area contributed by atoms with Crippen molar-refractivity contribution in [2.24, 2.45) is 0 Å². The summed E-state index contributed by atoms with van der Waals surface area (Å²) in [6.07, 6.45) is 0. The third-order valence-corrected chi connectivity index (χ3v) is 3.60. The molecule has 1 aliphatic heterocycles. The summed E-state index contributed by atoms with van der Waals surface area (Å²) < 4.78 is 0. The maximum absolute atomic E-state index is 12.5. The van der Waals surface area contributed by atoms with Gasteiger partial charge in [0.25, 0.3) is 11.6 Å². The number of carbonyl (C=O) groups is 2. The number of fused-ring (bicyclic) bond motifs is 1. The van der Waals surface area contributed by atoms with Crippen LogP contribution < -0.4 is 10.6 Å². The lowest BCUT2D eigenvalue weighted by atomic mass is 10.0. The van der Waals surface area contributed by atoms with Gasteiger partial charge < -0.3 is 10.6 Å². The van der Waals surface area contributed by atoms with Gasteiger partial charge in [0.2, 0.25) is 5.78 Å². The molecule has 0 aliphatic carbocycles. The third-order valence-electron chi connectivity index (χ3n) is 3.60. The number of para-hydroxylation sites is 1. The van der Waals surface area contributed by atoms with Crippen molar-refractivity contribution in [3.05, 3.63) is 81.2 Å². The number of non-ortho nitro benzene ring substituents is 1. The van der Waals surface area contributed by atoms with Gasteiger partial charge in [-0.05, 0) is 24.3 Å². The van der Waals surface area contributed by atoms with Crippen LogP contribution in [-0.4, -0.2) is 16.6 Å². The molecule has 0 unspecified atom stereocenters. The van der Waals surface area contributed by atoms with E-state index in [-0.39, 0.29) is 22.6 Å². The molecule has 0 radical (unpaired) electrons. The first-order valence-electron chi connectivity index (χ1n) is 7.12. The van der Waals surface area contributed by atoms with Crippen LogP contribution in [0.15, 0.2) is 59.9 Å². The Morgan fingerprint density at radius 2 is 1.76 bits per heavy atom. The van der Waals surface area contributed by atoms with E-state index in [2.05, 4.69) is 10.6 Å². The molecular formula is C17H10N4O4. The number of carbonyl (C=O) groups excluding carboxylic acids is 2. The van der Waals surface area contributed by atoms with Crippen molar-refractivity contribution in [1.82, 2.24) is 5.32 Å². The van der Waals surface area contributed by atoms with Crippen LogP contribution in [0.4, 0.5) is 11.4 Å². The molecule has 0 fully saturated rings. The van der Waals surface area contributed by atoms with E-state index in [1.807, 2.05) is 0 Å². The molecule has 8 nitrogen and oxygen atoms in total. The molecule has 1 heterocycles. The first-order chi connectivity index (χ1) is 12.0. The quantitative estimate of drug-likeness (QED) is 0.292. The van der Waals surface area contributed by atoms with E-state index in [1.165, 1.54) is 24.3 Å². The maximum Gasteiger partial charge on any atom is 0.269 e. The lowest BCUT2D eigenvalue weighted by molar-refractivity contribution is -0.384. The van der Waals surface area contributed by atoms with Gasteiger partial charge in [-0.3, -0.25) is 19.7 Å². The van der Waals surface area contributed by atoms with E-state index in [1.54, 1.807) is 30.3 Å². The van der Waals surface area contributed by atoms with Crippen LogP contribution in [0.3, 0.4) is 0 Å². The number of nitrogens with one attached hydrogen (secondary N) is 2. The summed E-state index contributed by atoms with van der Waals surface area (Å²) in [5.41, 5.74) is 0.513. The summed E-state index contributed by atoms with van der Waals surface area (Å²) in [7, 11) is 0. The minimum absolute atomic E-state index is 0.0189. The zero-order valence-corrected chi connectivity index (χ0v) is 12.6. The Bertz CT molecular complexity index is 971. The van der Waals surface area contributed by atoms with Crippen LogP contribution in [0, 0.1) is 21.4 Å². The van der Waals surface area contributed by atoms with Gasteiger partial charge in [0.05, 0.1) is 16.2 Å². The number of hydrogen-bond acceptors (Lipinski definition) is 6. The van der Waals surface area contributed by atoms with Crippen LogP contribution in [0.2, 0.25) is 0 Å². The molecule has 1 amide bonds. The molecule has 2 aromatic carbocycles. The summed E-state index contributed by atoms with van der Waals surface area (Å²) in [4.78, 5) is 34.7. The SMILES string of the molecule is N#C/C(C(=O)c1ccc([N+](=O)[O-])cc1)=C1\NC(=O)c2ccccc2N1. The average molecular weight is 334 g/mol. The number of nitro benzene ring substituents is 1. The summed E-state index contributed by atoms with van der Waals surface area (Å²) in [5, 5.41) is 25.4. The Kier molecular flexibility index (Phi) is 3.97. The standard InChI is InChI=1S/C17H10N4O4/c18-9-13(15(22)10-5-7-11(8-6-10)21(24)25)16-19-14-4-2-1-3-12(14)17(23)20-16/h1-8,19H,(H,20,23)/b16-13+. The summed E-state index contributed by atoms with van der Waals surface area (Å²) in [5.74, 6) is -1.11. The minimum atomic E-state index is -0.653. The maximum atomic E-state index is 12.5. The zero-order valence-electron chi connectivity index (χ0n) is 12.6. The van der Waals surface area contributed by atoms with Crippen LogP contribution in [0.5, 0.6) is 0 Å². The molecule has 0 saturated carbocycles. The smallest absolute Gasteiger partial charge is 0.269 e. The first kappa shape index (κ1) is 15.9. The van der Waals surface area contributed by atoms with Crippen LogP contribution in [0.25, 0.3) is 0 Å². The molecule has 8 heteroatoms. The first-order valence-corrected chi connectivity index (χ1v) is 7.12. The van der Waals surface area contributed by atoms with Gasteiger partial charge in [-0.2, -0.15) is 5.26 Å². The van der Waals surface area contributed by atoms with E-state index in [4.69, 9.17) is 0 Å². The van der Waals surface area contributed by atoms with E-state index < -0.39 is 16.6 Å². The molecule has 122 valence electrons. The van der Waals surface area contributed by atoms with Crippen molar-refractivity contribution in [3.63, 3.8) is 0 Å². The molecule has 0 atom stereocenters. The zero-order chi connectivity index (χ0) is 18.0. The Morgan fingerprint density at radius 3 is 2.40 bits per heavy atom. The van der Waals surface area contributed by atoms with Crippen molar-refractivity contribution in [1.29, 1.82) is 5.26 Å². The highest BCUT2D eigenvalue weighted by Crippen LogP contribution is 2.23. The van der Waals surface area contributed by atoms with Gasteiger partial charge >= 0.3 is 0 Å². The van der Waals surface area contributed by atoms with E-state index in [0.717, 1.165) is 0 Å². The Balaban J connectivity index is 1.98. The molecule has 0 spiro atoms. The number of ketones is 1. The van der Waals surface area contributed by atoms with Crippen LogP contribution in [-0.2, 0) is 0 Å². The highest BCUT2D eigenvalue weighted by atomic mass is 16.6. The molecule has 0 aromatic heterocycles. The Hall–Kier alpha value is -3.99. The van der Waals surface area contributed by atoms with Crippen molar-refractivity contribution in [2.45, 2.75) is 0 Å². The fourth-order valence-electron chi connectivity index (χ4n) is 2.36. The number of allylic oxidation sites excluding steroid dienone is 1. The number of nitro groups is 1. The van der Waals surface area contributed by atoms with Crippen molar-refractivity contribution < 1.29 is 14.5 Å². The normalized spacial score (nSPS) is 14.4. The average Bonchev–Trinajstić information content (AvgIpc) is 2.62. The van der Waals surface area contributed by atoms with Gasteiger partial charge in [0.1, 0.15) is 17.5 Å². The monoisotopic (exact) mass is 334 g/mol. The summed E-state index contributed by atoms with van der Waals surface area (Å²) >= 11 is 0. The predicted octanol–water partition coefficient (Wildman–Crippen LogP) is 2.37. The van der Waals surface area contributed by atoms with E-state index >= 15 is 0 Å². The number of benzene rings is 2. The lowest BCUT2D eigenvalue weighted by Gasteiger charge is -2.21. The van der Waals surface area contributed by atoms with E-state index in [9.17, 15) is 25.0 Å². The largest absolute Gasteiger partial charge is 0.340 e. The van der Waals surface area contributed by atoms with Gasteiger partial charge in [-0.15, -0.1) is 0 Å². The number of nitrogens with zero attached hydrogens (tertiary/aromatic N) is 2. The second-order valence-corrected chi connectivity index (χ2v) is 5.12. The number of nitriles is 1. The fourth-order valence-corrected chi connectivity index (χ4v) is 2.36. The van der Waals surface area contributed by atoms with E-state index in [0.29, 0.717) is 11.3 Å². The number of rotatable bonds is 3. The highest BCUT2D eigenvalue weighted by molar-refractivity contribution is 6.13. The van der Waals surface area contributed by atoms with Crippen molar-refractivity contribution in [3.8, 4) is 6.07 Å². The fraction of sp³-hybridized carbons (Fsp3) is 0. The molecule has 0 saturated heterocycles. The molecular weight excluding hydrogens is 324 g/mol. The minimum Gasteiger partial charge on any atom is -0.340 e. The lowest BCUT2D eigenvalue weighted by Crippen LogP contribution is -2.34. The molecule has 3 rings (SSSR count). The van der Waals surface area contributed by atoms with Gasteiger partial charge in [0, 0.05) is 17.7 Å². The number of amides is 1. The Labute approximate surface area is 141 Å². The molecule has 2 aromatic rings. The number of anilines is 1. The predicted molar refractivity (Wildman–Crippen MR) is 87.6 cm³/mol. The molecule has 1 aliphatic rings. The van der Waals surface area contributed by atoms with Crippen molar-refractivity contribution >= 4 is 23.1 Å². The van der Waals surface area contributed by atoms with Gasteiger partial charge in [0.15, 0.2) is 0 Å². The van der Waals surface area contributed by atoms with Gasteiger partial charge in [-0.1, -0.05) is 12.1 Å². The third kappa shape index (κ3) is 2.94. The second kappa shape index (κ2) is 6.25. The summed E-state index contributed by atoms with van der Waals surface area (Å²) in [6, 6.07) is 13.3. The summed E-state index contributed by atoms with van der Waals surface area (Å²) in [6.45, 7) is 0. The van der Waals surface area contributed by atoms with Crippen LogP contribution in [0.1, 0.15) is 20.7 Å². The molecule has 2 N–H and O–H groups in total. The van der Waals surface area contributed by atoms with Crippen LogP contribution >= 0.6 is 0 Å².